The highest BCUT2D eigenvalue weighted by Gasteiger charge is 2.09. The zero-order chi connectivity index (χ0) is 15.8. The van der Waals surface area contributed by atoms with Crippen LogP contribution in [-0.4, -0.2) is 56.7 Å². The van der Waals surface area contributed by atoms with E-state index in [2.05, 4.69) is 31.5 Å². The van der Waals surface area contributed by atoms with Crippen LogP contribution in [0.5, 0.6) is 0 Å². The van der Waals surface area contributed by atoms with Crippen LogP contribution in [0.3, 0.4) is 0 Å². The highest BCUT2D eigenvalue weighted by molar-refractivity contribution is 9.10. The molecule has 1 aromatic rings. The Morgan fingerprint density at radius 1 is 1.32 bits per heavy atom. The summed E-state index contributed by atoms with van der Waals surface area (Å²) < 4.78 is 6.23. The molecule has 1 fully saturated rings. The molecule has 2 N–H and O–H groups in total. The number of aryl methyl sites for hydroxylation is 1. The number of halogens is 1. The number of carbonyl (C=O) groups excluding carboxylic acids is 1. The van der Waals surface area contributed by atoms with Gasteiger partial charge in [-0.25, -0.2) is 0 Å². The number of morpholine rings is 1. The normalized spacial score (nSPS) is 15.7. The van der Waals surface area contributed by atoms with Gasteiger partial charge in [-0.1, -0.05) is 6.07 Å². The van der Waals surface area contributed by atoms with Crippen molar-refractivity contribution in [3.05, 3.63) is 28.2 Å². The molecular formula is C16H24BrN3O2. The maximum Gasteiger partial charge on any atom is 0.225 e. The van der Waals surface area contributed by atoms with E-state index in [1.807, 2.05) is 25.1 Å². The van der Waals surface area contributed by atoms with E-state index >= 15 is 0 Å². The standard InChI is InChI=1S/C16H24BrN3O2/c1-13-2-3-15(14(17)12-13)19-16(21)4-5-18-6-7-20-8-10-22-11-9-20/h2-3,12,18H,4-11H2,1H3,(H,19,21). The fourth-order valence-electron chi connectivity index (χ4n) is 2.32. The molecule has 1 saturated heterocycles. The summed E-state index contributed by atoms with van der Waals surface area (Å²) in [5.41, 5.74) is 1.98. The van der Waals surface area contributed by atoms with E-state index in [0.717, 1.165) is 55.1 Å². The number of ether oxygens (including phenoxy) is 1. The molecule has 0 aliphatic carbocycles. The van der Waals surface area contributed by atoms with E-state index in [1.54, 1.807) is 0 Å². The smallest absolute Gasteiger partial charge is 0.225 e. The van der Waals surface area contributed by atoms with E-state index in [4.69, 9.17) is 4.74 Å². The largest absolute Gasteiger partial charge is 0.379 e. The molecule has 0 atom stereocenters. The Labute approximate surface area is 140 Å². The van der Waals surface area contributed by atoms with Crippen molar-refractivity contribution in [1.82, 2.24) is 10.2 Å². The minimum atomic E-state index is 0.0309. The molecule has 0 aromatic heterocycles. The summed E-state index contributed by atoms with van der Waals surface area (Å²) in [4.78, 5) is 14.3. The molecule has 22 heavy (non-hydrogen) atoms. The summed E-state index contributed by atoms with van der Waals surface area (Å²) in [6, 6.07) is 5.90. The Balaban J connectivity index is 1.59. The molecular weight excluding hydrogens is 346 g/mol. The molecule has 1 heterocycles. The lowest BCUT2D eigenvalue weighted by Gasteiger charge is -2.26. The van der Waals surface area contributed by atoms with Gasteiger partial charge in [0.05, 0.1) is 18.9 Å². The number of rotatable bonds is 7. The quantitative estimate of drug-likeness (QED) is 0.721. The Hall–Kier alpha value is -0.950. The van der Waals surface area contributed by atoms with E-state index in [-0.39, 0.29) is 5.91 Å². The van der Waals surface area contributed by atoms with Crippen LogP contribution in [0.15, 0.2) is 22.7 Å². The lowest BCUT2D eigenvalue weighted by Crippen LogP contribution is -2.40. The molecule has 0 saturated carbocycles. The van der Waals surface area contributed by atoms with Crippen LogP contribution >= 0.6 is 15.9 Å². The van der Waals surface area contributed by atoms with Gasteiger partial charge < -0.3 is 15.4 Å². The number of anilines is 1. The Morgan fingerprint density at radius 3 is 2.82 bits per heavy atom. The third kappa shape index (κ3) is 6.04. The van der Waals surface area contributed by atoms with Gasteiger partial charge in [0, 0.05) is 43.6 Å². The molecule has 1 aliphatic rings. The topological polar surface area (TPSA) is 53.6 Å². The summed E-state index contributed by atoms with van der Waals surface area (Å²) in [5.74, 6) is 0.0309. The van der Waals surface area contributed by atoms with Crippen molar-refractivity contribution in [2.75, 3.05) is 51.3 Å². The highest BCUT2D eigenvalue weighted by Crippen LogP contribution is 2.23. The van der Waals surface area contributed by atoms with Gasteiger partial charge in [0.1, 0.15) is 0 Å². The molecule has 5 nitrogen and oxygen atoms in total. The van der Waals surface area contributed by atoms with Crippen LogP contribution < -0.4 is 10.6 Å². The van der Waals surface area contributed by atoms with Gasteiger partial charge in [-0.3, -0.25) is 9.69 Å². The number of nitrogens with zero attached hydrogens (tertiary/aromatic N) is 1. The predicted octanol–water partition coefficient (Wildman–Crippen LogP) is 2.01. The third-order valence-electron chi connectivity index (χ3n) is 3.64. The van der Waals surface area contributed by atoms with E-state index in [9.17, 15) is 4.79 Å². The fourth-order valence-corrected chi connectivity index (χ4v) is 2.92. The van der Waals surface area contributed by atoms with Crippen molar-refractivity contribution < 1.29 is 9.53 Å². The van der Waals surface area contributed by atoms with E-state index in [0.29, 0.717) is 13.0 Å². The van der Waals surface area contributed by atoms with Gasteiger partial charge >= 0.3 is 0 Å². The van der Waals surface area contributed by atoms with Crippen molar-refractivity contribution in [1.29, 1.82) is 0 Å². The summed E-state index contributed by atoms with van der Waals surface area (Å²) in [5, 5.41) is 6.24. The first-order chi connectivity index (χ1) is 10.6. The second-order valence-corrected chi connectivity index (χ2v) is 6.34. The first-order valence-electron chi connectivity index (χ1n) is 7.72. The van der Waals surface area contributed by atoms with Gasteiger partial charge in [0.25, 0.3) is 0 Å². The molecule has 0 radical (unpaired) electrons. The summed E-state index contributed by atoms with van der Waals surface area (Å²) in [7, 11) is 0. The molecule has 1 aliphatic heterocycles. The fraction of sp³-hybridized carbons (Fsp3) is 0.562. The van der Waals surface area contributed by atoms with Gasteiger partial charge in [0.2, 0.25) is 5.91 Å². The predicted molar refractivity (Wildman–Crippen MR) is 92.3 cm³/mol. The molecule has 6 heteroatoms. The highest BCUT2D eigenvalue weighted by atomic mass is 79.9. The van der Waals surface area contributed by atoms with Gasteiger partial charge in [-0.2, -0.15) is 0 Å². The summed E-state index contributed by atoms with van der Waals surface area (Å²) >= 11 is 3.47. The average molecular weight is 370 g/mol. The number of nitrogens with one attached hydrogen (secondary N) is 2. The molecule has 122 valence electrons. The average Bonchev–Trinajstić information content (AvgIpc) is 2.51. The lowest BCUT2D eigenvalue weighted by atomic mass is 10.2. The molecule has 0 bridgehead atoms. The minimum Gasteiger partial charge on any atom is -0.379 e. The van der Waals surface area contributed by atoms with Gasteiger partial charge in [-0.05, 0) is 40.5 Å². The zero-order valence-corrected chi connectivity index (χ0v) is 14.6. The zero-order valence-electron chi connectivity index (χ0n) is 13.0. The van der Waals surface area contributed by atoms with Crippen LogP contribution in [0.25, 0.3) is 0 Å². The Morgan fingerprint density at radius 2 is 2.09 bits per heavy atom. The molecule has 1 amide bonds. The number of hydrogen-bond donors (Lipinski definition) is 2. The third-order valence-corrected chi connectivity index (χ3v) is 4.29. The number of hydrogen-bond acceptors (Lipinski definition) is 4. The summed E-state index contributed by atoms with van der Waals surface area (Å²) in [6.07, 6.45) is 0.476. The van der Waals surface area contributed by atoms with Gasteiger partial charge in [-0.15, -0.1) is 0 Å². The second kappa shape index (κ2) is 9.25. The maximum atomic E-state index is 11.9. The van der Waals surface area contributed by atoms with Crippen molar-refractivity contribution in [3.63, 3.8) is 0 Å². The van der Waals surface area contributed by atoms with E-state index in [1.165, 1.54) is 0 Å². The molecule has 0 spiro atoms. The number of benzene rings is 1. The van der Waals surface area contributed by atoms with Crippen molar-refractivity contribution >= 4 is 27.5 Å². The minimum absolute atomic E-state index is 0.0309. The summed E-state index contributed by atoms with van der Waals surface area (Å²) in [6.45, 7) is 8.29. The van der Waals surface area contributed by atoms with Crippen LogP contribution in [0.1, 0.15) is 12.0 Å². The maximum absolute atomic E-state index is 11.9. The number of carbonyl (C=O) groups is 1. The molecule has 0 unspecified atom stereocenters. The van der Waals surface area contributed by atoms with Crippen LogP contribution in [0.2, 0.25) is 0 Å². The van der Waals surface area contributed by atoms with Crippen LogP contribution in [-0.2, 0) is 9.53 Å². The van der Waals surface area contributed by atoms with Crippen molar-refractivity contribution in [3.8, 4) is 0 Å². The second-order valence-electron chi connectivity index (χ2n) is 5.49. The monoisotopic (exact) mass is 369 g/mol. The van der Waals surface area contributed by atoms with Crippen LogP contribution in [0.4, 0.5) is 5.69 Å². The first-order valence-corrected chi connectivity index (χ1v) is 8.51. The van der Waals surface area contributed by atoms with Crippen molar-refractivity contribution in [2.24, 2.45) is 0 Å². The van der Waals surface area contributed by atoms with Crippen molar-refractivity contribution in [2.45, 2.75) is 13.3 Å². The Kier molecular flexibility index (Phi) is 7.32. The molecule has 2 rings (SSSR count). The lowest BCUT2D eigenvalue weighted by molar-refractivity contribution is -0.116. The van der Waals surface area contributed by atoms with E-state index < -0.39 is 0 Å². The SMILES string of the molecule is Cc1ccc(NC(=O)CCNCCN2CCOCC2)c(Br)c1. The first kappa shape index (κ1) is 17.4. The van der Waals surface area contributed by atoms with Crippen LogP contribution in [0, 0.1) is 6.92 Å². The Bertz CT molecular complexity index is 490. The number of amides is 1. The van der Waals surface area contributed by atoms with Gasteiger partial charge in [0.15, 0.2) is 0 Å². The molecule has 1 aromatic carbocycles.